The smallest absolute Gasteiger partial charge is 0.225 e. The lowest BCUT2D eigenvalue weighted by molar-refractivity contribution is 0.638. The van der Waals surface area contributed by atoms with Crippen LogP contribution in [0.3, 0.4) is 0 Å². The molecule has 0 aromatic carbocycles. The number of piperazine rings is 1. The van der Waals surface area contributed by atoms with Crippen molar-refractivity contribution in [3.63, 3.8) is 0 Å². The van der Waals surface area contributed by atoms with E-state index in [9.17, 15) is 0 Å². The van der Waals surface area contributed by atoms with Gasteiger partial charge >= 0.3 is 0 Å². The predicted molar refractivity (Wildman–Crippen MR) is 80.4 cm³/mol. The number of halogens is 1. The van der Waals surface area contributed by atoms with Gasteiger partial charge < -0.3 is 9.80 Å². The van der Waals surface area contributed by atoms with Gasteiger partial charge in [-0.05, 0) is 18.6 Å². The van der Waals surface area contributed by atoms with Crippen molar-refractivity contribution < 1.29 is 0 Å². The highest BCUT2D eigenvalue weighted by atomic mass is 35.5. The molecule has 0 saturated carbocycles. The average Bonchev–Trinajstić information content (AvgIpc) is 2.49. The van der Waals surface area contributed by atoms with Gasteiger partial charge in [-0.15, -0.1) is 0 Å². The Kier molecular flexibility index (Phi) is 3.69. The van der Waals surface area contributed by atoms with Gasteiger partial charge in [-0.3, -0.25) is 4.98 Å². The summed E-state index contributed by atoms with van der Waals surface area (Å²) in [4.78, 5) is 17.2. The third-order valence-corrected chi connectivity index (χ3v) is 3.70. The van der Waals surface area contributed by atoms with E-state index in [1.807, 2.05) is 12.4 Å². The van der Waals surface area contributed by atoms with Crippen LogP contribution in [0.25, 0.3) is 0 Å². The highest BCUT2D eigenvalue weighted by Crippen LogP contribution is 2.21. The van der Waals surface area contributed by atoms with E-state index >= 15 is 0 Å². The molecule has 0 N–H and O–H groups in total. The van der Waals surface area contributed by atoms with Crippen molar-refractivity contribution in [1.29, 1.82) is 0 Å². The molecule has 1 fully saturated rings. The van der Waals surface area contributed by atoms with Gasteiger partial charge in [0.15, 0.2) is 0 Å². The minimum atomic E-state index is 0.569. The molecule has 0 atom stereocenters. The Morgan fingerprint density at radius 2 is 1.65 bits per heavy atom. The first-order valence-electron chi connectivity index (χ1n) is 6.62. The lowest BCUT2D eigenvalue weighted by Crippen LogP contribution is -2.47. The second-order valence-corrected chi connectivity index (χ2v) is 5.27. The lowest BCUT2D eigenvalue weighted by atomic mass is 10.2. The van der Waals surface area contributed by atoms with Crippen LogP contribution in [0, 0.1) is 6.92 Å². The molecule has 1 saturated heterocycles. The Morgan fingerprint density at radius 1 is 1.00 bits per heavy atom. The fourth-order valence-corrected chi connectivity index (χ4v) is 2.53. The molecule has 3 heterocycles. The molecule has 0 radical (unpaired) electrons. The molecule has 0 amide bonds. The Labute approximate surface area is 123 Å². The third-order valence-electron chi connectivity index (χ3n) is 3.50. The molecular formula is C14H16ClN5. The summed E-state index contributed by atoms with van der Waals surface area (Å²) in [5.74, 6) is 0.750. The summed E-state index contributed by atoms with van der Waals surface area (Å²) in [7, 11) is 0. The van der Waals surface area contributed by atoms with Crippen LogP contribution in [0.2, 0.25) is 5.02 Å². The molecule has 6 heteroatoms. The van der Waals surface area contributed by atoms with Gasteiger partial charge in [-0.25, -0.2) is 9.97 Å². The van der Waals surface area contributed by atoms with Gasteiger partial charge in [0, 0.05) is 44.3 Å². The van der Waals surface area contributed by atoms with Gasteiger partial charge in [-0.1, -0.05) is 11.6 Å². The largest absolute Gasteiger partial charge is 0.368 e. The highest BCUT2D eigenvalue weighted by Gasteiger charge is 2.19. The third kappa shape index (κ3) is 2.67. The van der Waals surface area contributed by atoms with E-state index in [1.54, 1.807) is 12.4 Å². The average molecular weight is 290 g/mol. The molecule has 0 aliphatic carbocycles. The maximum Gasteiger partial charge on any atom is 0.225 e. The molecule has 1 aliphatic heterocycles. The standard InChI is InChI=1S/C14H16ClN5/c1-11-8-16-3-2-13(11)19-4-6-20(7-5-19)14-17-9-12(15)10-18-14/h2-3,8-10H,4-7H2,1H3. The van der Waals surface area contributed by atoms with Crippen molar-refractivity contribution in [3.05, 3.63) is 41.4 Å². The summed E-state index contributed by atoms with van der Waals surface area (Å²) in [5, 5.41) is 0.569. The molecule has 0 spiro atoms. The quantitative estimate of drug-likeness (QED) is 0.848. The molecule has 5 nitrogen and oxygen atoms in total. The van der Waals surface area contributed by atoms with Crippen LogP contribution in [0.4, 0.5) is 11.6 Å². The maximum atomic E-state index is 5.81. The van der Waals surface area contributed by atoms with E-state index in [2.05, 4.69) is 37.7 Å². The molecule has 3 rings (SSSR count). The molecule has 2 aromatic rings. The van der Waals surface area contributed by atoms with Crippen molar-refractivity contribution in [2.75, 3.05) is 36.0 Å². The fraction of sp³-hybridized carbons (Fsp3) is 0.357. The zero-order valence-electron chi connectivity index (χ0n) is 11.3. The van der Waals surface area contributed by atoms with Crippen LogP contribution in [0.1, 0.15) is 5.56 Å². The summed E-state index contributed by atoms with van der Waals surface area (Å²) >= 11 is 5.81. The molecule has 0 unspecified atom stereocenters. The Morgan fingerprint density at radius 3 is 2.30 bits per heavy atom. The second kappa shape index (κ2) is 5.63. The summed E-state index contributed by atoms with van der Waals surface area (Å²) in [5.41, 5.74) is 2.47. The predicted octanol–water partition coefficient (Wildman–Crippen LogP) is 2.16. The van der Waals surface area contributed by atoms with E-state index in [4.69, 9.17) is 11.6 Å². The topological polar surface area (TPSA) is 45.2 Å². The molecular weight excluding hydrogens is 274 g/mol. The van der Waals surface area contributed by atoms with E-state index in [-0.39, 0.29) is 0 Å². The van der Waals surface area contributed by atoms with Crippen LogP contribution >= 0.6 is 11.6 Å². The van der Waals surface area contributed by atoms with Gasteiger partial charge in [0.2, 0.25) is 5.95 Å². The normalized spacial score (nSPS) is 15.5. The van der Waals surface area contributed by atoms with Gasteiger partial charge in [0.25, 0.3) is 0 Å². The summed E-state index contributed by atoms with van der Waals surface area (Å²) in [6.07, 6.45) is 7.04. The van der Waals surface area contributed by atoms with E-state index < -0.39 is 0 Å². The summed E-state index contributed by atoms with van der Waals surface area (Å²) < 4.78 is 0. The molecule has 1 aliphatic rings. The van der Waals surface area contributed by atoms with Gasteiger partial charge in [0.05, 0.1) is 17.4 Å². The van der Waals surface area contributed by atoms with E-state index in [0.717, 1.165) is 32.1 Å². The Bertz CT molecular complexity index is 578. The number of hydrogen-bond acceptors (Lipinski definition) is 5. The molecule has 104 valence electrons. The highest BCUT2D eigenvalue weighted by molar-refractivity contribution is 6.30. The molecule has 0 bridgehead atoms. The number of rotatable bonds is 2. The van der Waals surface area contributed by atoms with Crippen molar-refractivity contribution in [1.82, 2.24) is 15.0 Å². The van der Waals surface area contributed by atoms with E-state index in [0.29, 0.717) is 5.02 Å². The van der Waals surface area contributed by atoms with Crippen LogP contribution in [-0.2, 0) is 0 Å². The lowest BCUT2D eigenvalue weighted by Gasteiger charge is -2.36. The number of hydrogen-bond donors (Lipinski definition) is 0. The first kappa shape index (κ1) is 13.1. The first-order valence-corrected chi connectivity index (χ1v) is 7.00. The number of nitrogens with zero attached hydrogens (tertiary/aromatic N) is 5. The van der Waals surface area contributed by atoms with Crippen molar-refractivity contribution in [3.8, 4) is 0 Å². The number of aryl methyl sites for hydroxylation is 1. The number of pyridine rings is 1. The summed E-state index contributed by atoms with van der Waals surface area (Å²) in [6.45, 7) is 5.82. The van der Waals surface area contributed by atoms with Crippen LogP contribution in [-0.4, -0.2) is 41.1 Å². The molecule has 20 heavy (non-hydrogen) atoms. The van der Waals surface area contributed by atoms with Crippen molar-refractivity contribution in [2.45, 2.75) is 6.92 Å². The van der Waals surface area contributed by atoms with Crippen LogP contribution in [0.15, 0.2) is 30.9 Å². The van der Waals surface area contributed by atoms with Gasteiger partial charge in [0.1, 0.15) is 0 Å². The Balaban J connectivity index is 1.68. The monoisotopic (exact) mass is 289 g/mol. The zero-order chi connectivity index (χ0) is 13.9. The van der Waals surface area contributed by atoms with E-state index in [1.165, 1.54) is 11.3 Å². The van der Waals surface area contributed by atoms with Crippen molar-refractivity contribution >= 4 is 23.2 Å². The number of anilines is 2. The minimum absolute atomic E-state index is 0.569. The maximum absolute atomic E-state index is 5.81. The van der Waals surface area contributed by atoms with Gasteiger partial charge in [-0.2, -0.15) is 0 Å². The zero-order valence-corrected chi connectivity index (χ0v) is 12.1. The summed E-state index contributed by atoms with van der Waals surface area (Å²) in [6, 6.07) is 2.07. The Hall–Kier alpha value is -1.88. The fourth-order valence-electron chi connectivity index (χ4n) is 2.44. The first-order chi connectivity index (χ1) is 9.74. The van der Waals surface area contributed by atoms with Crippen LogP contribution < -0.4 is 9.80 Å². The van der Waals surface area contributed by atoms with Crippen LogP contribution in [0.5, 0.6) is 0 Å². The molecule has 2 aromatic heterocycles. The SMILES string of the molecule is Cc1cnccc1N1CCN(c2ncc(Cl)cn2)CC1. The van der Waals surface area contributed by atoms with Crippen molar-refractivity contribution in [2.24, 2.45) is 0 Å². The second-order valence-electron chi connectivity index (χ2n) is 4.84. The minimum Gasteiger partial charge on any atom is -0.368 e. The number of aromatic nitrogens is 3.